The quantitative estimate of drug-likeness (QED) is 0.706. The zero-order valence-electron chi connectivity index (χ0n) is 15.6. The van der Waals surface area contributed by atoms with Crippen molar-refractivity contribution in [3.05, 3.63) is 47.8 Å². The summed E-state index contributed by atoms with van der Waals surface area (Å²) in [5, 5.41) is 11.4. The number of carbonyl (C=O) groups excluding carboxylic acids is 1. The number of hydrazine groups is 1. The molecule has 1 aliphatic carbocycles. The number of rotatable bonds is 5. The highest BCUT2D eigenvalue weighted by Crippen LogP contribution is 2.26. The second kappa shape index (κ2) is 8.63. The summed E-state index contributed by atoms with van der Waals surface area (Å²) < 4.78 is 1.89. The van der Waals surface area contributed by atoms with E-state index in [9.17, 15) is 4.79 Å². The topological polar surface area (TPSA) is 83.9 Å². The maximum atomic E-state index is 12.5. The van der Waals surface area contributed by atoms with Gasteiger partial charge in [-0.15, -0.1) is 5.10 Å². The molecule has 2 fully saturated rings. The van der Waals surface area contributed by atoms with Gasteiger partial charge in [0, 0.05) is 19.0 Å². The minimum atomic E-state index is -0.145. The third-order valence-electron chi connectivity index (χ3n) is 5.72. The molecule has 1 aromatic carbocycles. The second-order valence-corrected chi connectivity index (χ2v) is 7.61. The monoisotopic (exact) mass is 368 g/mol. The lowest BCUT2D eigenvalue weighted by atomic mass is 9.95. The van der Waals surface area contributed by atoms with Gasteiger partial charge in [0.25, 0.3) is 5.91 Å². The number of nitrogens with zero attached hydrogens (tertiary/aromatic N) is 3. The highest BCUT2D eigenvalue weighted by Gasteiger charge is 2.28. The van der Waals surface area contributed by atoms with Crippen LogP contribution in [0.3, 0.4) is 0 Å². The van der Waals surface area contributed by atoms with Crippen molar-refractivity contribution < 1.29 is 4.79 Å². The maximum Gasteiger partial charge on any atom is 0.273 e. The molecule has 7 heteroatoms. The maximum absolute atomic E-state index is 12.5. The molecule has 2 aliphatic rings. The fourth-order valence-corrected chi connectivity index (χ4v) is 4.14. The molecule has 0 spiro atoms. The van der Waals surface area contributed by atoms with Crippen LogP contribution in [0.5, 0.6) is 0 Å². The van der Waals surface area contributed by atoms with E-state index in [4.69, 9.17) is 0 Å². The first-order valence-electron chi connectivity index (χ1n) is 10.0. The number of amides is 1. The lowest BCUT2D eigenvalue weighted by Gasteiger charge is -2.19. The van der Waals surface area contributed by atoms with E-state index in [0.717, 1.165) is 19.4 Å². The zero-order chi connectivity index (χ0) is 18.5. The Morgan fingerprint density at radius 2 is 1.93 bits per heavy atom. The fraction of sp³-hybridized carbons (Fsp3) is 0.550. The van der Waals surface area contributed by atoms with E-state index in [0.29, 0.717) is 18.3 Å². The average molecular weight is 368 g/mol. The van der Waals surface area contributed by atoms with Gasteiger partial charge in [0.05, 0.1) is 18.3 Å². The van der Waals surface area contributed by atoms with Crippen LogP contribution in [0.4, 0.5) is 0 Å². The molecule has 1 aliphatic heterocycles. The van der Waals surface area contributed by atoms with Gasteiger partial charge in [0.2, 0.25) is 0 Å². The molecule has 7 nitrogen and oxygen atoms in total. The highest BCUT2D eigenvalue weighted by molar-refractivity contribution is 5.91. The van der Waals surface area contributed by atoms with Gasteiger partial charge in [0.15, 0.2) is 5.69 Å². The van der Waals surface area contributed by atoms with Crippen molar-refractivity contribution in [1.82, 2.24) is 31.2 Å². The molecular formula is C20H28N6O. The Morgan fingerprint density at radius 1 is 1.15 bits per heavy atom. The van der Waals surface area contributed by atoms with Crippen LogP contribution in [0.1, 0.15) is 66.7 Å². The van der Waals surface area contributed by atoms with Crippen molar-refractivity contribution in [2.45, 2.75) is 50.6 Å². The molecule has 0 bridgehead atoms. The molecule has 27 heavy (non-hydrogen) atoms. The van der Waals surface area contributed by atoms with Crippen LogP contribution < -0.4 is 16.2 Å². The molecule has 1 saturated heterocycles. The van der Waals surface area contributed by atoms with Crippen molar-refractivity contribution in [1.29, 1.82) is 0 Å². The molecule has 2 atom stereocenters. The third-order valence-corrected chi connectivity index (χ3v) is 5.72. The summed E-state index contributed by atoms with van der Waals surface area (Å²) in [5.74, 6) is 0.141. The van der Waals surface area contributed by atoms with Gasteiger partial charge in [-0.05, 0) is 18.4 Å². The van der Waals surface area contributed by atoms with Crippen molar-refractivity contribution >= 4 is 5.91 Å². The van der Waals surface area contributed by atoms with Crippen LogP contribution in [0, 0.1) is 5.92 Å². The molecular weight excluding hydrogens is 340 g/mol. The minimum absolute atomic E-state index is 0.145. The lowest BCUT2D eigenvalue weighted by molar-refractivity contribution is 0.0941. The van der Waals surface area contributed by atoms with Crippen LogP contribution in [0.15, 0.2) is 36.5 Å². The molecule has 1 saturated carbocycles. The Kier molecular flexibility index (Phi) is 5.79. The molecule has 144 valence electrons. The number of hydrogen-bond acceptors (Lipinski definition) is 5. The lowest BCUT2D eigenvalue weighted by Crippen LogP contribution is -2.33. The normalized spacial score (nSPS) is 23.9. The van der Waals surface area contributed by atoms with E-state index in [2.05, 4.69) is 38.6 Å². The van der Waals surface area contributed by atoms with Crippen molar-refractivity contribution in [3.8, 4) is 0 Å². The van der Waals surface area contributed by atoms with Crippen LogP contribution in [0.2, 0.25) is 0 Å². The van der Waals surface area contributed by atoms with Crippen molar-refractivity contribution in [3.63, 3.8) is 0 Å². The Bertz CT molecular complexity index is 738. The molecule has 2 unspecified atom stereocenters. The van der Waals surface area contributed by atoms with Gasteiger partial charge in [-0.1, -0.05) is 61.2 Å². The summed E-state index contributed by atoms with van der Waals surface area (Å²) in [6.45, 7) is 1.41. The Hall–Kier alpha value is -2.25. The van der Waals surface area contributed by atoms with Crippen LogP contribution in [0.25, 0.3) is 0 Å². The number of hydrogen-bond donors (Lipinski definition) is 3. The molecule has 3 N–H and O–H groups in total. The van der Waals surface area contributed by atoms with E-state index >= 15 is 0 Å². The van der Waals surface area contributed by atoms with Gasteiger partial charge >= 0.3 is 0 Å². The molecule has 2 aromatic rings. The van der Waals surface area contributed by atoms with Gasteiger partial charge in [-0.25, -0.2) is 10.1 Å². The summed E-state index contributed by atoms with van der Waals surface area (Å²) in [6.07, 6.45) is 9.12. The Balaban J connectivity index is 1.34. The summed E-state index contributed by atoms with van der Waals surface area (Å²) >= 11 is 0. The number of carbonyl (C=O) groups is 1. The van der Waals surface area contributed by atoms with Gasteiger partial charge in [-0.2, -0.15) is 0 Å². The highest BCUT2D eigenvalue weighted by atomic mass is 16.2. The Labute approximate surface area is 159 Å². The van der Waals surface area contributed by atoms with Gasteiger partial charge < -0.3 is 5.32 Å². The number of benzene rings is 1. The zero-order valence-corrected chi connectivity index (χ0v) is 15.6. The first-order chi connectivity index (χ1) is 13.3. The van der Waals surface area contributed by atoms with E-state index in [1.807, 2.05) is 29.1 Å². The van der Waals surface area contributed by atoms with Crippen molar-refractivity contribution in [2.24, 2.45) is 5.92 Å². The van der Waals surface area contributed by atoms with Crippen LogP contribution in [-0.2, 0) is 0 Å². The van der Waals surface area contributed by atoms with E-state index < -0.39 is 0 Å². The summed E-state index contributed by atoms with van der Waals surface area (Å²) in [7, 11) is 0. The molecule has 2 heterocycles. The predicted molar refractivity (Wildman–Crippen MR) is 103 cm³/mol. The van der Waals surface area contributed by atoms with Gasteiger partial charge in [0.1, 0.15) is 0 Å². The Morgan fingerprint density at radius 3 is 2.70 bits per heavy atom. The van der Waals surface area contributed by atoms with Gasteiger partial charge in [-0.3, -0.25) is 10.2 Å². The smallest absolute Gasteiger partial charge is 0.273 e. The molecule has 1 aromatic heterocycles. The van der Waals surface area contributed by atoms with Crippen LogP contribution >= 0.6 is 0 Å². The third kappa shape index (κ3) is 4.36. The average Bonchev–Trinajstić information content (AvgIpc) is 3.31. The first-order valence-corrected chi connectivity index (χ1v) is 10.0. The standard InChI is InChI=1S/C20H28N6O/c27-20(18-14-26(25-23-18)17-10-6-1-2-7-11-17)21-12-16-13-22-24-19(16)15-8-4-3-5-9-15/h3-5,8-9,14,16-17,19,22,24H,1-2,6-7,10-13H2,(H,21,27). The molecule has 0 radical (unpaired) electrons. The second-order valence-electron chi connectivity index (χ2n) is 7.61. The molecule has 1 amide bonds. The predicted octanol–water partition coefficient (Wildman–Crippen LogP) is 2.37. The molecule has 4 rings (SSSR count). The fourth-order valence-electron chi connectivity index (χ4n) is 4.14. The van der Waals surface area contributed by atoms with E-state index in [1.54, 1.807) is 0 Å². The summed E-state index contributed by atoms with van der Waals surface area (Å²) in [5.41, 5.74) is 8.14. The van der Waals surface area contributed by atoms with Crippen LogP contribution in [-0.4, -0.2) is 34.0 Å². The SMILES string of the molecule is O=C(NCC1CNNC1c1ccccc1)c1cn(C2CCCCCC2)nn1. The van der Waals surface area contributed by atoms with E-state index in [-0.39, 0.29) is 17.9 Å². The summed E-state index contributed by atoms with van der Waals surface area (Å²) in [6, 6.07) is 10.9. The minimum Gasteiger partial charge on any atom is -0.350 e. The van der Waals surface area contributed by atoms with E-state index in [1.165, 1.54) is 31.2 Å². The number of aromatic nitrogens is 3. The van der Waals surface area contributed by atoms with Crippen molar-refractivity contribution in [2.75, 3.05) is 13.1 Å². The first kappa shape index (κ1) is 18.1. The summed E-state index contributed by atoms with van der Waals surface area (Å²) in [4.78, 5) is 12.5. The largest absolute Gasteiger partial charge is 0.350 e. The number of nitrogens with one attached hydrogen (secondary N) is 3.